The molecule has 3 aromatic carbocycles. The third-order valence-electron chi connectivity index (χ3n) is 7.99. The van der Waals surface area contributed by atoms with E-state index in [4.69, 9.17) is 9.47 Å². The maximum Gasteiger partial charge on any atom is 0.303 e. The summed E-state index contributed by atoms with van der Waals surface area (Å²) in [5.41, 5.74) is 2.35. The van der Waals surface area contributed by atoms with Gasteiger partial charge in [0, 0.05) is 17.2 Å². The van der Waals surface area contributed by atoms with Crippen LogP contribution in [0.1, 0.15) is 81.4 Å². The second-order valence-corrected chi connectivity index (χ2v) is 11.0. The molecule has 7 heteroatoms. The Labute approximate surface area is 227 Å². The van der Waals surface area contributed by atoms with Gasteiger partial charge in [0.15, 0.2) is 0 Å². The minimum Gasteiger partial charge on any atom is -0.497 e. The summed E-state index contributed by atoms with van der Waals surface area (Å²) < 4.78 is 56.1. The largest absolute Gasteiger partial charge is 0.497 e. The van der Waals surface area contributed by atoms with Crippen LogP contribution >= 0.6 is 0 Å². The van der Waals surface area contributed by atoms with E-state index in [2.05, 4.69) is 13.8 Å². The van der Waals surface area contributed by atoms with Gasteiger partial charge in [0.05, 0.1) is 13.5 Å². The maximum atomic E-state index is 15.5. The molecule has 4 rings (SSSR count). The number of methoxy groups -OCH3 is 1. The van der Waals surface area contributed by atoms with Crippen molar-refractivity contribution in [2.24, 2.45) is 5.41 Å². The van der Waals surface area contributed by atoms with Crippen molar-refractivity contribution in [3.63, 3.8) is 0 Å². The minimum absolute atomic E-state index is 0.0587. The Morgan fingerprint density at radius 2 is 1.79 bits per heavy atom. The van der Waals surface area contributed by atoms with E-state index < -0.39 is 23.4 Å². The molecule has 1 aliphatic rings. The highest BCUT2D eigenvalue weighted by molar-refractivity contribution is 5.71. The number of benzene rings is 3. The van der Waals surface area contributed by atoms with Gasteiger partial charge in [0.1, 0.15) is 35.6 Å². The number of aliphatic carboxylic acids is 1. The van der Waals surface area contributed by atoms with Gasteiger partial charge in [-0.25, -0.2) is 13.2 Å². The Bertz CT molecular complexity index is 1350. The summed E-state index contributed by atoms with van der Waals surface area (Å²) in [6, 6.07) is 11.7. The molecule has 0 saturated heterocycles. The van der Waals surface area contributed by atoms with E-state index in [9.17, 15) is 14.3 Å². The van der Waals surface area contributed by atoms with Crippen LogP contribution in [0, 0.1) is 22.9 Å². The van der Waals surface area contributed by atoms with Crippen LogP contribution in [0.4, 0.5) is 13.2 Å². The lowest BCUT2D eigenvalue weighted by molar-refractivity contribution is -0.137. The molecule has 39 heavy (non-hydrogen) atoms. The fraction of sp³-hybridized carbons (Fsp3) is 0.406. The molecule has 3 aromatic rings. The Kier molecular flexibility index (Phi) is 8.57. The number of carbonyl (C=O) groups is 1. The number of ether oxygens (including phenoxy) is 2. The molecule has 0 unspecified atom stereocenters. The smallest absolute Gasteiger partial charge is 0.303 e. The average Bonchev–Trinajstić information content (AvgIpc) is 3.24. The van der Waals surface area contributed by atoms with Crippen molar-refractivity contribution < 1.29 is 32.5 Å². The van der Waals surface area contributed by atoms with Crippen molar-refractivity contribution in [1.29, 1.82) is 0 Å². The lowest BCUT2D eigenvalue weighted by atomic mass is 9.75. The van der Waals surface area contributed by atoms with E-state index >= 15 is 8.78 Å². The molecule has 2 atom stereocenters. The molecule has 4 nitrogen and oxygen atoms in total. The van der Waals surface area contributed by atoms with Crippen molar-refractivity contribution in [1.82, 2.24) is 0 Å². The Morgan fingerprint density at radius 3 is 2.44 bits per heavy atom. The standard InChI is InChI=1S/C32H35F3O4/c1-5-19(14-31(36)37)20-11-22(33)15-24(12-20)39-18-21-13-26(28-7-6-10-32(28,2)3)25(17-30(21)35)27-16-23(38-4)8-9-29(27)34/h8-9,11-13,15-17,19,28H,5-7,10,14,18H2,1-4H3,(H,36,37)/t19-,28+/m0/s1. The normalized spacial score (nSPS) is 17.2. The monoisotopic (exact) mass is 540 g/mol. The molecule has 1 saturated carbocycles. The average molecular weight is 541 g/mol. The number of hydrogen-bond acceptors (Lipinski definition) is 3. The van der Waals surface area contributed by atoms with E-state index in [1.165, 1.54) is 37.4 Å². The molecule has 0 aromatic heterocycles. The summed E-state index contributed by atoms with van der Waals surface area (Å²) in [6.07, 6.45) is 3.31. The van der Waals surface area contributed by atoms with Crippen molar-refractivity contribution in [3.05, 3.63) is 82.7 Å². The summed E-state index contributed by atoms with van der Waals surface area (Å²) >= 11 is 0. The first-order chi connectivity index (χ1) is 18.5. The van der Waals surface area contributed by atoms with Crippen molar-refractivity contribution in [2.45, 2.75) is 71.3 Å². The Hall–Kier alpha value is -3.48. The molecule has 0 bridgehead atoms. The van der Waals surface area contributed by atoms with Gasteiger partial charge in [-0.3, -0.25) is 4.79 Å². The van der Waals surface area contributed by atoms with Gasteiger partial charge in [-0.2, -0.15) is 0 Å². The lowest BCUT2D eigenvalue weighted by Gasteiger charge is -2.30. The van der Waals surface area contributed by atoms with Gasteiger partial charge in [-0.1, -0.05) is 27.2 Å². The van der Waals surface area contributed by atoms with Crippen LogP contribution in [0.2, 0.25) is 0 Å². The van der Waals surface area contributed by atoms with Gasteiger partial charge in [0.2, 0.25) is 0 Å². The van der Waals surface area contributed by atoms with E-state index in [0.717, 1.165) is 24.8 Å². The van der Waals surface area contributed by atoms with Crippen molar-refractivity contribution >= 4 is 5.97 Å². The number of halogens is 3. The van der Waals surface area contributed by atoms with E-state index in [0.29, 0.717) is 23.3 Å². The minimum atomic E-state index is -0.967. The number of hydrogen-bond donors (Lipinski definition) is 1. The van der Waals surface area contributed by atoms with Crippen LogP contribution in [0.15, 0.2) is 48.5 Å². The topological polar surface area (TPSA) is 55.8 Å². The summed E-state index contributed by atoms with van der Waals surface area (Å²) in [6.45, 7) is 6.02. The number of rotatable bonds is 10. The second-order valence-electron chi connectivity index (χ2n) is 11.0. The third kappa shape index (κ3) is 6.40. The van der Waals surface area contributed by atoms with Gasteiger partial charge in [-0.15, -0.1) is 0 Å². The zero-order chi connectivity index (χ0) is 28.3. The van der Waals surface area contributed by atoms with Crippen LogP contribution in [-0.4, -0.2) is 18.2 Å². The first kappa shape index (κ1) is 28.5. The molecule has 0 amide bonds. The van der Waals surface area contributed by atoms with Crippen LogP contribution < -0.4 is 9.47 Å². The van der Waals surface area contributed by atoms with Crippen molar-refractivity contribution in [3.8, 4) is 22.6 Å². The van der Waals surface area contributed by atoms with E-state index in [-0.39, 0.29) is 47.2 Å². The zero-order valence-electron chi connectivity index (χ0n) is 22.8. The predicted molar refractivity (Wildman–Crippen MR) is 145 cm³/mol. The Morgan fingerprint density at radius 1 is 1.03 bits per heavy atom. The zero-order valence-corrected chi connectivity index (χ0v) is 22.8. The molecular weight excluding hydrogens is 505 g/mol. The predicted octanol–water partition coefficient (Wildman–Crippen LogP) is 8.62. The summed E-state index contributed by atoms with van der Waals surface area (Å²) in [5.74, 6) is -2.15. The molecule has 1 aliphatic carbocycles. The molecule has 0 aliphatic heterocycles. The SMILES string of the molecule is CC[C@@H](CC(=O)O)c1cc(F)cc(OCc2cc([C@H]3CCCC3(C)C)c(-c3cc(OC)ccc3F)cc2F)c1. The molecule has 0 heterocycles. The molecule has 1 fully saturated rings. The quantitative estimate of drug-likeness (QED) is 0.280. The van der Waals surface area contributed by atoms with Crippen LogP contribution in [0.3, 0.4) is 0 Å². The first-order valence-corrected chi connectivity index (χ1v) is 13.3. The second kappa shape index (κ2) is 11.7. The lowest BCUT2D eigenvalue weighted by Crippen LogP contribution is -2.17. The van der Waals surface area contributed by atoms with E-state index in [1.807, 2.05) is 6.92 Å². The molecular formula is C32H35F3O4. The number of carboxylic acid groups (broad SMARTS) is 1. The molecule has 0 spiro atoms. The maximum absolute atomic E-state index is 15.5. The summed E-state index contributed by atoms with van der Waals surface area (Å²) in [7, 11) is 1.50. The van der Waals surface area contributed by atoms with Gasteiger partial charge in [0.25, 0.3) is 0 Å². The molecule has 0 radical (unpaired) electrons. The van der Waals surface area contributed by atoms with Crippen LogP contribution in [-0.2, 0) is 11.4 Å². The van der Waals surface area contributed by atoms with Gasteiger partial charge >= 0.3 is 5.97 Å². The van der Waals surface area contributed by atoms with Gasteiger partial charge < -0.3 is 14.6 Å². The van der Waals surface area contributed by atoms with Crippen LogP contribution in [0.25, 0.3) is 11.1 Å². The number of carboxylic acids is 1. The summed E-state index contributed by atoms with van der Waals surface area (Å²) in [5, 5.41) is 9.20. The molecule has 208 valence electrons. The fourth-order valence-corrected chi connectivity index (χ4v) is 5.78. The highest BCUT2D eigenvalue weighted by Gasteiger charge is 2.37. The Balaban J connectivity index is 1.71. The van der Waals surface area contributed by atoms with Crippen LogP contribution in [0.5, 0.6) is 11.5 Å². The third-order valence-corrected chi connectivity index (χ3v) is 7.99. The fourth-order valence-electron chi connectivity index (χ4n) is 5.78. The summed E-state index contributed by atoms with van der Waals surface area (Å²) in [4.78, 5) is 11.2. The highest BCUT2D eigenvalue weighted by atomic mass is 19.1. The first-order valence-electron chi connectivity index (χ1n) is 13.3. The highest BCUT2D eigenvalue weighted by Crippen LogP contribution is 2.51. The van der Waals surface area contributed by atoms with Crippen molar-refractivity contribution in [2.75, 3.05) is 7.11 Å². The van der Waals surface area contributed by atoms with E-state index in [1.54, 1.807) is 18.2 Å². The van der Waals surface area contributed by atoms with Gasteiger partial charge in [-0.05, 0) is 95.7 Å². The molecule has 1 N–H and O–H groups in total.